The minimum absolute atomic E-state index is 0.0696. The fraction of sp³-hybridized carbons (Fsp3) is 0.571. The van der Waals surface area contributed by atoms with Gasteiger partial charge in [0.05, 0.1) is 0 Å². The van der Waals surface area contributed by atoms with Crippen molar-refractivity contribution < 1.29 is 4.43 Å². The van der Waals surface area contributed by atoms with Crippen LogP contribution >= 0.6 is 31.9 Å². The fourth-order valence-corrected chi connectivity index (χ4v) is 6.97. The maximum Gasteiger partial charge on any atom is 0.185 e. The summed E-state index contributed by atoms with van der Waals surface area (Å²) in [7, 11) is -1.59. The number of hydrogen-bond acceptors (Lipinski definition) is 1. The first-order valence-corrected chi connectivity index (χ1v) is 11.4. The lowest BCUT2D eigenvalue weighted by Crippen LogP contribution is -2.36. The van der Waals surface area contributed by atoms with E-state index in [2.05, 4.69) is 75.8 Å². The van der Waals surface area contributed by atoms with Crippen LogP contribution in [-0.4, -0.2) is 11.6 Å². The quantitative estimate of drug-likeness (QED) is 0.521. The third-order valence-electron chi connectivity index (χ3n) is 3.93. The molecule has 0 aromatic heterocycles. The van der Waals surface area contributed by atoms with E-state index in [1.165, 1.54) is 17.5 Å². The van der Waals surface area contributed by atoms with Gasteiger partial charge in [0, 0.05) is 5.92 Å². The van der Waals surface area contributed by atoms with Crippen LogP contribution in [-0.2, 0) is 16.4 Å². The van der Waals surface area contributed by atoms with Crippen LogP contribution in [0.15, 0.2) is 24.3 Å². The Hall–Kier alpha value is 0.357. The van der Waals surface area contributed by atoms with Crippen molar-refractivity contribution >= 4 is 40.2 Å². The van der Waals surface area contributed by atoms with Gasteiger partial charge >= 0.3 is 0 Å². The second-order valence-corrected chi connectivity index (χ2v) is 14.3. The maximum atomic E-state index is 6.63. The number of rotatable bonds is 2. The van der Waals surface area contributed by atoms with Crippen molar-refractivity contribution in [1.29, 1.82) is 0 Å². The Morgan fingerprint density at radius 2 is 1.89 bits per heavy atom. The third-order valence-corrected chi connectivity index (χ3v) is 7.14. The molecule has 2 aliphatic carbocycles. The summed E-state index contributed by atoms with van der Waals surface area (Å²) < 4.78 is 6.56. The van der Waals surface area contributed by atoms with Crippen LogP contribution in [0, 0.1) is 5.92 Å². The second kappa shape index (κ2) is 3.93. The maximum absolute atomic E-state index is 6.63. The highest BCUT2D eigenvalue weighted by Crippen LogP contribution is 2.76. The molecule has 3 rings (SSSR count). The molecule has 4 heteroatoms. The van der Waals surface area contributed by atoms with Gasteiger partial charge in [-0.1, -0.05) is 56.1 Å². The molecule has 0 aliphatic heterocycles. The summed E-state index contributed by atoms with van der Waals surface area (Å²) in [4.78, 5) is 0. The van der Waals surface area contributed by atoms with Crippen LogP contribution < -0.4 is 0 Å². The van der Waals surface area contributed by atoms with Crippen LogP contribution in [0.5, 0.6) is 0 Å². The van der Waals surface area contributed by atoms with Gasteiger partial charge < -0.3 is 4.43 Å². The highest BCUT2D eigenvalue weighted by Gasteiger charge is 2.78. The first-order valence-electron chi connectivity index (χ1n) is 6.45. The topological polar surface area (TPSA) is 9.23 Å². The van der Waals surface area contributed by atoms with Gasteiger partial charge in [-0.15, -0.1) is 0 Å². The average Bonchev–Trinajstić information content (AvgIpc) is 2.73. The van der Waals surface area contributed by atoms with Gasteiger partial charge in [0.15, 0.2) is 8.32 Å². The standard InChI is InChI=1S/C14H18Br2OSi/c1-18(2,3)17-13-11-7-5-4-6-10(11)8-9-12(13)14(13,15)16/h4-7,12H,8-9H2,1-3H3. The van der Waals surface area contributed by atoms with Gasteiger partial charge in [0.2, 0.25) is 0 Å². The monoisotopic (exact) mass is 388 g/mol. The highest BCUT2D eigenvalue weighted by molar-refractivity contribution is 9.25. The minimum Gasteiger partial charge on any atom is -0.405 e. The van der Waals surface area contributed by atoms with Crippen molar-refractivity contribution in [2.45, 2.75) is 41.3 Å². The smallest absolute Gasteiger partial charge is 0.185 e. The average molecular weight is 390 g/mol. The Bertz CT molecular complexity index is 495. The summed E-state index contributed by atoms with van der Waals surface area (Å²) in [6.45, 7) is 6.80. The Labute approximate surface area is 127 Å². The van der Waals surface area contributed by atoms with E-state index >= 15 is 0 Å². The van der Waals surface area contributed by atoms with Crippen LogP contribution in [0.2, 0.25) is 19.6 Å². The van der Waals surface area contributed by atoms with E-state index in [9.17, 15) is 0 Å². The van der Waals surface area contributed by atoms with E-state index in [4.69, 9.17) is 4.43 Å². The van der Waals surface area contributed by atoms with Crippen LogP contribution in [0.4, 0.5) is 0 Å². The lowest BCUT2D eigenvalue weighted by atomic mass is 9.89. The largest absolute Gasteiger partial charge is 0.405 e. The summed E-state index contributed by atoms with van der Waals surface area (Å²) in [5, 5.41) is 0. The van der Waals surface area contributed by atoms with E-state index in [1.54, 1.807) is 0 Å². The molecular weight excluding hydrogens is 372 g/mol. The molecule has 18 heavy (non-hydrogen) atoms. The summed E-state index contributed by atoms with van der Waals surface area (Å²) in [5.41, 5.74) is 2.69. The summed E-state index contributed by atoms with van der Waals surface area (Å²) in [6, 6.07) is 8.75. The lowest BCUT2D eigenvalue weighted by Gasteiger charge is -2.32. The number of hydrogen-bond donors (Lipinski definition) is 0. The zero-order valence-corrected chi connectivity index (χ0v) is 15.1. The number of benzene rings is 1. The number of alkyl halides is 2. The Kier molecular flexibility index (Phi) is 2.92. The van der Waals surface area contributed by atoms with Gasteiger partial charge in [-0.2, -0.15) is 0 Å². The SMILES string of the molecule is C[Si](C)(C)OC12c3ccccc3CCC1C2(Br)Br. The summed E-state index contributed by atoms with van der Waals surface area (Å²) in [6.07, 6.45) is 2.36. The zero-order chi connectivity index (χ0) is 13.2. The molecule has 2 aliphatic rings. The molecule has 1 nitrogen and oxygen atoms in total. The Morgan fingerprint density at radius 3 is 2.56 bits per heavy atom. The zero-order valence-electron chi connectivity index (χ0n) is 11.0. The summed E-state index contributed by atoms with van der Waals surface area (Å²) in [5.74, 6) is 0.548. The molecule has 1 aromatic rings. The minimum atomic E-state index is -1.59. The highest BCUT2D eigenvalue weighted by atomic mass is 79.9. The lowest BCUT2D eigenvalue weighted by molar-refractivity contribution is 0.143. The molecule has 98 valence electrons. The Balaban J connectivity index is 2.11. The predicted octanol–water partition coefficient (Wildman–Crippen LogP) is 4.80. The molecule has 1 aromatic carbocycles. The van der Waals surface area contributed by atoms with Gasteiger partial charge in [-0.3, -0.25) is 0 Å². The molecule has 0 bridgehead atoms. The van der Waals surface area contributed by atoms with Crippen molar-refractivity contribution in [3.05, 3.63) is 35.4 Å². The van der Waals surface area contributed by atoms with Crippen molar-refractivity contribution in [1.82, 2.24) is 0 Å². The molecule has 0 amide bonds. The summed E-state index contributed by atoms with van der Waals surface area (Å²) >= 11 is 7.75. The second-order valence-electron chi connectivity index (χ2n) is 6.32. The molecule has 2 unspecified atom stereocenters. The van der Waals surface area contributed by atoms with Crippen molar-refractivity contribution in [3.63, 3.8) is 0 Å². The van der Waals surface area contributed by atoms with E-state index in [-0.39, 0.29) is 8.83 Å². The van der Waals surface area contributed by atoms with Crippen molar-refractivity contribution in [3.8, 4) is 0 Å². The van der Waals surface area contributed by atoms with E-state index in [0.717, 1.165) is 6.42 Å². The molecule has 2 atom stereocenters. The predicted molar refractivity (Wildman–Crippen MR) is 84.9 cm³/mol. The number of fused-ring (bicyclic) bond motifs is 3. The normalized spacial score (nSPS) is 32.6. The molecule has 0 radical (unpaired) electrons. The van der Waals surface area contributed by atoms with E-state index in [0.29, 0.717) is 5.92 Å². The third kappa shape index (κ3) is 1.72. The van der Waals surface area contributed by atoms with Gasteiger partial charge in [0.25, 0.3) is 0 Å². The first-order chi connectivity index (χ1) is 8.29. The van der Waals surface area contributed by atoms with Crippen molar-refractivity contribution in [2.24, 2.45) is 5.92 Å². The van der Waals surface area contributed by atoms with Crippen LogP contribution in [0.1, 0.15) is 17.5 Å². The van der Waals surface area contributed by atoms with Crippen LogP contribution in [0.3, 0.4) is 0 Å². The number of aryl methyl sites for hydroxylation is 1. The van der Waals surface area contributed by atoms with E-state index in [1.807, 2.05) is 0 Å². The Morgan fingerprint density at radius 1 is 1.22 bits per heavy atom. The fourth-order valence-electron chi connectivity index (χ4n) is 3.28. The molecule has 0 N–H and O–H groups in total. The van der Waals surface area contributed by atoms with Gasteiger partial charge in [-0.05, 0) is 43.6 Å². The first kappa shape index (κ1) is 13.3. The van der Waals surface area contributed by atoms with Crippen molar-refractivity contribution in [2.75, 3.05) is 0 Å². The molecule has 0 heterocycles. The molecular formula is C14H18Br2OSi. The van der Waals surface area contributed by atoms with E-state index < -0.39 is 8.32 Å². The molecule has 1 fully saturated rings. The molecule has 0 saturated heterocycles. The molecule has 1 saturated carbocycles. The van der Waals surface area contributed by atoms with Gasteiger partial charge in [-0.25, -0.2) is 0 Å². The molecule has 0 spiro atoms. The number of halogens is 2. The van der Waals surface area contributed by atoms with Crippen LogP contribution in [0.25, 0.3) is 0 Å². The van der Waals surface area contributed by atoms with Gasteiger partial charge in [0.1, 0.15) is 8.83 Å².